The summed E-state index contributed by atoms with van der Waals surface area (Å²) in [5.74, 6) is 1.56. The number of fused-ring (bicyclic) bond motifs is 1. The Morgan fingerprint density at radius 2 is 2.07 bits per heavy atom. The molecule has 3 aromatic rings. The van der Waals surface area contributed by atoms with Gasteiger partial charge in [-0.2, -0.15) is 0 Å². The SMILES string of the molecule is COc1ccccc1NC1=N[C@H](c2cccnc2)n2c(nc(C)cc2=O)N1. The Labute approximate surface area is 155 Å². The largest absolute Gasteiger partial charge is 0.495 e. The Morgan fingerprint density at radius 1 is 1.22 bits per heavy atom. The Morgan fingerprint density at radius 3 is 2.85 bits per heavy atom. The van der Waals surface area contributed by atoms with Crippen LogP contribution in [0.15, 0.2) is 64.6 Å². The second-order valence-corrected chi connectivity index (χ2v) is 6.02. The molecule has 1 aliphatic rings. The van der Waals surface area contributed by atoms with Crippen LogP contribution in [0.25, 0.3) is 0 Å². The predicted octanol–water partition coefficient (Wildman–Crippen LogP) is 2.40. The van der Waals surface area contributed by atoms with Crippen molar-refractivity contribution < 1.29 is 4.74 Å². The lowest BCUT2D eigenvalue weighted by Crippen LogP contribution is -2.37. The summed E-state index contributed by atoms with van der Waals surface area (Å²) in [5.41, 5.74) is 1.98. The fourth-order valence-corrected chi connectivity index (χ4v) is 2.94. The van der Waals surface area contributed by atoms with E-state index in [-0.39, 0.29) is 5.56 Å². The number of aromatic nitrogens is 3. The van der Waals surface area contributed by atoms with Crippen LogP contribution in [-0.2, 0) is 0 Å². The van der Waals surface area contributed by atoms with Crippen molar-refractivity contribution in [1.82, 2.24) is 14.5 Å². The van der Waals surface area contributed by atoms with Crippen LogP contribution in [0, 0.1) is 6.92 Å². The van der Waals surface area contributed by atoms with Gasteiger partial charge in [-0.15, -0.1) is 0 Å². The van der Waals surface area contributed by atoms with Gasteiger partial charge >= 0.3 is 0 Å². The third kappa shape index (κ3) is 3.24. The smallest absolute Gasteiger partial charge is 0.257 e. The second kappa shape index (κ2) is 6.91. The minimum Gasteiger partial charge on any atom is -0.495 e. The molecule has 0 spiro atoms. The number of ether oxygens (including phenoxy) is 1. The van der Waals surface area contributed by atoms with E-state index in [2.05, 4.69) is 25.6 Å². The zero-order valence-electron chi connectivity index (χ0n) is 14.9. The lowest BCUT2D eigenvalue weighted by Gasteiger charge is -2.27. The third-order valence-electron chi connectivity index (χ3n) is 4.15. The van der Waals surface area contributed by atoms with Crippen molar-refractivity contribution in [2.24, 2.45) is 4.99 Å². The summed E-state index contributed by atoms with van der Waals surface area (Å²) in [4.78, 5) is 25.9. The monoisotopic (exact) mass is 362 g/mol. The first kappa shape index (κ1) is 16.8. The normalized spacial score (nSPS) is 15.3. The van der Waals surface area contributed by atoms with Gasteiger partial charge in [-0.25, -0.2) is 9.98 Å². The molecule has 0 amide bonds. The number of para-hydroxylation sites is 2. The van der Waals surface area contributed by atoms with E-state index in [4.69, 9.17) is 4.74 Å². The van der Waals surface area contributed by atoms with Gasteiger partial charge in [0.05, 0.1) is 12.8 Å². The maximum atomic E-state index is 12.6. The van der Waals surface area contributed by atoms with Gasteiger partial charge in [0, 0.05) is 29.7 Å². The number of rotatable bonds is 3. The van der Waals surface area contributed by atoms with Crippen LogP contribution in [0.4, 0.5) is 11.6 Å². The van der Waals surface area contributed by atoms with Crippen LogP contribution < -0.4 is 20.9 Å². The van der Waals surface area contributed by atoms with Gasteiger partial charge in [-0.3, -0.25) is 19.7 Å². The molecule has 0 bridgehead atoms. The number of aliphatic imine (C=N–C) groups is 1. The zero-order valence-corrected chi connectivity index (χ0v) is 14.9. The van der Waals surface area contributed by atoms with Crippen LogP contribution in [0.2, 0.25) is 0 Å². The summed E-state index contributed by atoms with van der Waals surface area (Å²) in [6, 6.07) is 12.7. The Hall–Kier alpha value is -3.68. The number of nitrogens with zero attached hydrogens (tertiary/aromatic N) is 4. The lowest BCUT2D eigenvalue weighted by atomic mass is 10.2. The van der Waals surface area contributed by atoms with Crippen molar-refractivity contribution in [3.05, 3.63) is 76.5 Å². The molecule has 4 rings (SSSR count). The standard InChI is InChI=1S/C19H18N6O2/c1-12-10-16(26)25-17(13-6-5-9-20-11-13)23-18(24-19(25)21-12)22-14-7-3-4-8-15(14)27-2/h3-11,17H,1-2H3,(H2,21,22,23,24)/t17-/m0/s1. The number of benzene rings is 1. The molecule has 0 aliphatic carbocycles. The quantitative estimate of drug-likeness (QED) is 0.743. The average molecular weight is 362 g/mol. The highest BCUT2D eigenvalue weighted by atomic mass is 16.5. The molecule has 136 valence electrons. The molecule has 2 N–H and O–H groups in total. The van der Waals surface area contributed by atoms with E-state index in [0.717, 1.165) is 11.3 Å². The van der Waals surface area contributed by atoms with Crippen molar-refractivity contribution in [2.75, 3.05) is 17.7 Å². The van der Waals surface area contributed by atoms with E-state index >= 15 is 0 Å². The van der Waals surface area contributed by atoms with Crippen LogP contribution in [0.1, 0.15) is 17.4 Å². The van der Waals surface area contributed by atoms with Crippen LogP contribution >= 0.6 is 0 Å². The third-order valence-corrected chi connectivity index (χ3v) is 4.15. The molecule has 1 aromatic carbocycles. The van der Waals surface area contributed by atoms with E-state index in [1.165, 1.54) is 10.6 Å². The van der Waals surface area contributed by atoms with Crippen LogP contribution in [-0.4, -0.2) is 27.6 Å². The molecular formula is C19H18N6O2. The van der Waals surface area contributed by atoms with Crippen LogP contribution in [0.3, 0.4) is 0 Å². The molecule has 27 heavy (non-hydrogen) atoms. The number of methoxy groups -OCH3 is 1. The topological polar surface area (TPSA) is 93.4 Å². The minimum absolute atomic E-state index is 0.182. The average Bonchev–Trinajstić information content (AvgIpc) is 2.68. The molecule has 3 heterocycles. The summed E-state index contributed by atoms with van der Waals surface area (Å²) in [5, 5.41) is 6.31. The number of pyridine rings is 1. The van der Waals surface area contributed by atoms with Crippen molar-refractivity contribution in [1.29, 1.82) is 0 Å². The number of nitrogens with one attached hydrogen (secondary N) is 2. The first-order valence-corrected chi connectivity index (χ1v) is 8.40. The van der Waals surface area contributed by atoms with Gasteiger partial charge in [-0.1, -0.05) is 18.2 Å². The molecule has 2 aromatic heterocycles. The van der Waals surface area contributed by atoms with Crippen molar-refractivity contribution in [3.63, 3.8) is 0 Å². The summed E-state index contributed by atoms with van der Waals surface area (Å²) in [6.45, 7) is 1.78. The fraction of sp³-hybridized carbons (Fsp3) is 0.158. The van der Waals surface area contributed by atoms with Gasteiger partial charge in [0.2, 0.25) is 11.9 Å². The van der Waals surface area contributed by atoms with E-state index in [1.54, 1.807) is 26.4 Å². The van der Waals surface area contributed by atoms with E-state index in [0.29, 0.717) is 23.4 Å². The Balaban J connectivity index is 1.80. The number of hydrogen-bond donors (Lipinski definition) is 2. The van der Waals surface area contributed by atoms with Crippen molar-refractivity contribution >= 4 is 17.6 Å². The number of anilines is 2. The predicted molar refractivity (Wildman–Crippen MR) is 103 cm³/mol. The van der Waals surface area contributed by atoms with E-state index in [9.17, 15) is 4.79 Å². The maximum absolute atomic E-state index is 12.6. The van der Waals surface area contributed by atoms with E-state index in [1.807, 2.05) is 36.4 Å². The molecule has 0 saturated carbocycles. The summed E-state index contributed by atoms with van der Waals surface area (Å²) < 4.78 is 6.89. The first-order valence-electron chi connectivity index (χ1n) is 8.40. The lowest BCUT2D eigenvalue weighted by molar-refractivity contribution is 0.417. The first-order chi connectivity index (χ1) is 13.2. The van der Waals surface area contributed by atoms with Gasteiger partial charge in [0.25, 0.3) is 5.56 Å². The highest BCUT2D eigenvalue weighted by molar-refractivity contribution is 6.04. The van der Waals surface area contributed by atoms with Crippen molar-refractivity contribution in [2.45, 2.75) is 13.1 Å². The van der Waals surface area contributed by atoms with Crippen molar-refractivity contribution in [3.8, 4) is 5.75 Å². The van der Waals surface area contributed by atoms with Gasteiger partial charge in [0.1, 0.15) is 5.75 Å². The Kier molecular flexibility index (Phi) is 4.29. The summed E-state index contributed by atoms with van der Waals surface area (Å²) >= 11 is 0. The van der Waals surface area contributed by atoms with Crippen LogP contribution in [0.5, 0.6) is 5.75 Å². The Bertz CT molecular complexity index is 1060. The molecule has 1 atom stereocenters. The second-order valence-electron chi connectivity index (χ2n) is 6.02. The number of aryl methyl sites for hydroxylation is 1. The molecule has 0 saturated heterocycles. The number of guanidine groups is 1. The highest BCUT2D eigenvalue weighted by Gasteiger charge is 2.25. The molecule has 0 unspecified atom stereocenters. The molecular weight excluding hydrogens is 344 g/mol. The fourth-order valence-electron chi connectivity index (χ4n) is 2.94. The number of hydrogen-bond acceptors (Lipinski definition) is 7. The zero-order chi connectivity index (χ0) is 18.8. The molecule has 8 heteroatoms. The maximum Gasteiger partial charge on any atom is 0.257 e. The summed E-state index contributed by atoms with van der Waals surface area (Å²) in [6.07, 6.45) is 2.79. The molecule has 8 nitrogen and oxygen atoms in total. The molecule has 0 radical (unpaired) electrons. The van der Waals surface area contributed by atoms with Gasteiger partial charge in [-0.05, 0) is 25.1 Å². The highest BCUT2D eigenvalue weighted by Crippen LogP contribution is 2.27. The molecule has 0 fully saturated rings. The van der Waals surface area contributed by atoms with E-state index < -0.39 is 6.17 Å². The van der Waals surface area contributed by atoms with Gasteiger partial charge in [0.15, 0.2) is 6.17 Å². The van der Waals surface area contributed by atoms with Gasteiger partial charge < -0.3 is 10.1 Å². The molecule has 1 aliphatic heterocycles. The summed E-state index contributed by atoms with van der Waals surface area (Å²) in [7, 11) is 1.61. The minimum atomic E-state index is -0.576.